The molecule has 5 heteroatoms. The Kier molecular flexibility index (Phi) is 122. The van der Waals surface area contributed by atoms with Gasteiger partial charge in [0.05, 0.1) is 0 Å². The number of hydrogen-bond acceptors (Lipinski definition) is 1. The summed E-state index contributed by atoms with van der Waals surface area (Å²) in [6, 6.07) is 0. The first-order valence-electron chi connectivity index (χ1n) is 0.129. The van der Waals surface area contributed by atoms with Gasteiger partial charge in [-0.25, -0.2) is 0 Å². The van der Waals surface area contributed by atoms with Crippen molar-refractivity contribution < 1.29 is 72.0 Å². The summed E-state index contributed by atoms with van der Waals surface area (Å²) in [5, 5.41) is 0. The van der Waals surface area contributed by atoms with Gasteiger partial charge in [-0.2, -0.15) is 0 Å². The van der Waals surface area contributed by atoms with Gasteiger partial charge in [0.25, 0.3) is 0 Å². The maximum absolute atomic E-state index is 7.88. The third kappa shape index (κ3) is 18.5. The fourth-order valence-electron chi connectivity index (χ4n) is 0. The third-order valence-electron chi connectivity index (χ3n) is 0. The third-order valence-corrected chi connectivity index (χ3v) is 0. The van der Waals surface area contributed by atoms with Crippen LogP contribution in [0.25, 0.3) is 0 Å². The summed E-state index contributed by atoms with van der Waals surface area (Å²) in [5.74, 6) is 0. The van der Waals surface area contributed by atoms with E-state index in [1.54, 1.807) is 0 Å². The van der Waals surface area contributed by atoms with Gasteiger partial charge >= 0.3 is 64.8 Å². The van der Waals surface area contributed by atoms with E-state index in [1.165, 1.54) is 0 Å². The van der Waals surface area contributed by atoms with Crippen LogP contribution in [0.3, 0.4) is 0 Å². The van der Waals surface area contributed by atoms with E-state index in [0.29, 0.717) is 0 Å². The molecule has 0 saturated carbocycles. The molecule has 0 aliphatic rings. The van der Waals surface area contributed by atoms with Crippen molar-refractivity contribution in [1.29, 1.82) is 0 Å². The Morgan fingerprint density at radius 3 is 1.20 bits per heavy atom. The molecule has 0 aromatic rings. The molecular weight excluding hydrogens is 357 g/mol. The monoisotopic (exact) mass is 359 g/mol. The van der Waals surface area contributed by atoms with E-state index < -0.39 is 0 Å². The molecule has 0 amide bonds. The minimum absolute atomic E-state index is 0. The van der Waals surface area contributed by atoms with Crippen LogP contribution in [-0.4, -0.2) is 45.5 Å². The standard InChI is InChI=1S/Fe.La.Ni.O.Sr.2H. The zero-order valence-electron chi connectivity index (χ0n) is 1.66. The minimum atomic E-state index is 0. The average molecular weight is 359 g/mol. The van der Waals surface area contributed by atoms with Gasteiger partial charge in [-0.15, -0.1) is 0 Å². The van der Waals surface area contributed by atoms with Crippen molar-refractivity contribution in [2.75, 3.05) is 0 Å². The fourth-order valence-corrected chi connectivity index (χ4v) is 0. The molecule has 1 radical (unpaired) electrons. The van der Waals surface area contributed by atoms with Crippen LogP contribution in [0.5, 0.6) is 0 Å². The molecule has 0 unspecified atom stereocenters. The van der Waals surface area contributed by atoms with Crippen molar-refractivity contribution in [1.82, 2.24) is 0 Å². The van der Waals surface area contributed by atoms with Crippen molar-refractivity contribution in [3.63, 3.8) is 0 Å². The van der Waals surface area contributed by atoms with E-state index in [-0.39, 0.29) is 98.1 Å². The average Bonchev–Trinajstić information content (AvgIpc) is 1.00. The Labute approximate surface area is 114 Å². The van der Waals surface area contributed by atoms with Gasteiger partial charge in [0.1, 0.15) is 0 Å². The van der Waals surface area contributed by atoms with Crippen molar-refractivity contribution in [3.05, 3.63) is 0 Å². The molecule has 0 atom stereocenters. The van der Waals surface area contributed by atoms with E-state index in [1.807, 2.05) is 0 Å². The van der Waals surface area contributed by atoms with Gasteiger partial charge in [-0.05, 0) is 0 Å². The Balaban J connectivity index is -0.00000000167. The van der Waals surface area contributed by atoms with E-state index in [9.17, 15) is 0 Å². The Hall–Kier alpha value is 3.49. The molecule has 0 heterocycles. The quantitative estimate of drug-likeness (QED) is 0.506. The molecule has 0 aromatic heterocycles. The zero-order chi connectivity index (χ0) is 2.00. The second-order valence-electron chi connectivity index (χ2n) is 0. The summed E-state index contributed by atoms with van der Waals surface area (Å²) >= 11 is 2.62. The first-order valence-corrected chi connectivity index (χ1v) is 0.532. The predicted molar refractivity (Wildman–Crippen MR) is 9.23 cm³/mol. The Morgan fingerprint density at radius 2 is 1.20 bits per heavy atom. The molecule has 0 saturated heterocycles. The van der Waals surface area contributed by atoms with Gasteiger partial charge in [0, 0.05) is 52.7 Å². The van der Waals surface area contributed by atoms with E-state index >= 15 is 0 Å². The SMILES string of the molecule is [Fe].[La].[O]=[Ni].[SrH2]. The topological polar surface area (TPSA) is 17.1 Å². The maximum atomic E-state index is 7.88. The van der Waals surface area contributed by atoms with Crippen molar-refractivity contribution >= 4 is 45.5 Å². The first kappa shape index (κ1) is 23.6. The normalized spacial score (nSPS) is 1.20. The fraction of sp³-hybridized carbons (Fsp3) is 0. The van der Waals surface area contributed by atoms with Gasteiger partial charge in [-0.3, -0.25) is 0 Å². The molecular formula is H2FeLaNiOSr. The van der Waals surface area contributed by atoms with Gasteiger partial charge < -0.3 is 0 Å². The van der Waals surface area contributed by atoms with Crippen LogP contribution in [0.15, 0.2) is 0 Å². The van der Waals surface area contributed by atoms with E-state index in [2.05, 4.69) is 15.4 Å². The van der Waals surface area contributed by atoms with Crippen LogP contribution in [-0.2, 0) is 36.4 Å². The zero-order valence-corrected chi connectivity index (χ0v) is 7.37. The molecule has 1 nitrogen and oxygen atoms in total. The number of rotatable bonds is 0. The molecule has 31 valence electrons. The first-order chi connectivity index (χ1) is 1.00. The van der Waals surface area contributed by atoms with Crippen molar-refractivity contribution in [2.24, 2.45) is 0 Å². The predicted octanol–water partition coefficient (Wildman–Crippen LogP) is -1.04. The molecule has 0 rings (SSSR count). The summed E-state index contributed by atoms with van der Waals surface area (Å²) < 4.78 is 7.88. The second kappa shape index (κ2) is 25.9. The van der Waals surface area contributed by atoms with Gasteiger partial charge in [-0.1, -0.05) is 0 Å². The molecule has 0 bridgehead atoms. The second-order valence-corrected chi connectivity index (χ2v) is 0. The van der Waals surface area contributed by atoms with Crippen LogP contribution in [0.2, 0.25) is 0 Å². The van der Waals surface area contributed by atoms with Crippen LogP contribution in [0.4, 0.5) is 0 Å². The van der Waals surface area contributed by atoms with E-state index in [4.69, 9.17) is 3.90 Å². The molecule has 0 fully saturated rings. The number of hydrogen-bond donors (Lipinski definition) is 0. The van der Waals surface area contributed by atoms with Crippen LogP contribution >= 0.6 is 0 Å². The molecule has 5 heavy (non-hydrogen) atoms. The molecule has 0 N–H and O–H groups in total. The summed E-state index contributed by atoms with van der Waals surface area (Å²) in [7, 11) is 0. The molecule has 0 spiro atoms. The van der Waals surface area contributed by atoms with E-state index in [0.717, 1.165) is 0 Å². The van der Waals surface area contributed by atoms with Crippen molar-refractivity contribution in [2.45, 2.75) is 0 Å². The van der Waals surface area contributed by atoms with Crippen LogP contribution in [0, 0.1) is 35.6 Å². The van der Waals surface area contributed by atoms with Gasteiger partial charge in [0.15, 0.2) is 0 Å². The van der Waals surface area contributed by atoms with Crippen LogP contribution < -0.4 is 0 Å². The Bertz CT molecular complexity index is 11.6. The van der Waals surface area contributed by atoms with Crippen molar-refractivity contribution in [3.8, 4) is 0 Å². The summed E-state index contributed by atoms with van der Waals surface area (Å²) in [6.07, 6.45) is 0. The molecule has 0 aromatic carbocycles. The molecule has 0 aliphatic carbocycles. The summed E-state index contributed by atoms with van der Waals surface area (Å²) in [6.45, 7) is 0. The summed E-state index contributed by atoms with van der Waals surface area (Å²) in [4.78, 5) is 0. The van der Waals surface area contributed by atoms with Crippen LogP contribution in [0.1, 0.15) is 0 Å². The Morgan fingerprint density at radius 1 is 1.20 bits per heavy atom. The van der Waals surface area contributed by atoms with Gasteiger partial charge in [0.2, 0.25) is 0 Å². The summed E-state index contributed by atoms with van der Waals surface area (Å²) in [5.41, 5.74) is 0. The molecule has 0 aliphatic heterocycles.